The topological polar surface area (TPSA) is 66.0 Å². The summed E-state index contributed by atoms with van der Waals surface area (Å²) in [5.41, 5.74) is 4.59. The van der Waals surface area contributed by atoms with Gasteiger partial charge < -0.3 is 10.3 Å². The smallest absolute Gasteiger partial charge is 0.326 e. The molecule has 25 heavy (non-hydrogen) atoms. The van der Waals surface area contributed by atoms with Crippen LogP contribution in [0.25, 0.3) is 21.8 Å². The normalized spacial score (nSPS) is 11.2. The van der Waals surface area contributed by atoms with Gasteiger partial charge in [-0.3, -0.25) is 9.58 Å². The molecule has 2 aromatic carbocycles. The minimum Gasteiger partial charge on any atom is -0.361 e. The van der Waals surface area contributed by atoms with Crippen molar-refractivity contribution in [2.75, 3.05) is 17.3 Å². The van der Waals surface area contributed by atoms with Gasteiger partial charge in [0.2, 0.25) is 0 Å². The number of carbonyl (C=O) groups excluding carboxylic acids is 1. The van der Waals surface area contributed by atoms with Gasteiger partial charge in [-0.2, -0.15) is 5.10 Å². The molecule has 2 heterocycles. The molecule has 126 valence electrons. The molecule has 6 nitrogen and oxygen atoms in total. The van der Waals surface area contributed by atoms with E-state index in [1.807, 2.05) is 67.3 Å². The first kappa shape index (κ1) is 15.3. The number of urea groups is 1. The predicted octanol–water partition coefficient (Wildman–Crippen LogP) is 4.03. The van der Waals surface area contributed by atoms with Crippen LogP contribution in [0.4, 0.5) is 16.2 Å². The molecule has 0 fully saturated rings. The Morgan fingerprint density at radius 2 is 2.04 bits per heavy atom. The van der Waals surface area contributed by atoms with Gasteiger partial charge in [-0.05, 0) is 49.4 Å². The lowest BCUT2D eigenvalue weighted by Gasteiger charge is -2.18. The number of benzene rings is 2. The average molecular weight is 333 g/mol. The maximum absolute atomic E-state index is 12.6. The van der Waals surface area contributed by atoms with Gasteiger partial charge in [0.25, 0.3) is 0 Å². The number of amides is 2. The predicted molar refractivity (Wildman–Crippen MR) is 101 cm³/mol. The van der Waals surface area contributed by atoms with Crippen LogP contribution in [0.15, 0.2) is 48.7 Å². The second kappa shape index (κ2) is 5.66. The van der Waals surface area contributed by atoms with Crippen molar-refractivity contribution in [3.8, 4) is 0 Å². The Bertz CT molecular complexity index is 1090. The minimum absolute atomic E-state index is 0.193. The van der Waals surface area contributed by atoms with Crippen molar-refractivity contribution >= 4 is 39.2 Å². The summed E-state index contributed by atoms with van der Waals surface area (Å²) in [5, 5.41) is 9.57. The van der Waals surface area contributed by atoms with Crippen LogP contribution < -0.4 is 10.2 Å². The summed E-state index contributed by atoms with van der Waals surface area (Å²) in [5.74, 6) is 0. The summed E-state index contributed by atoms with van der Waals surface area (Å²) in [6.07, 6.45) is 1.88. The highest BCUT2D eigenvalue weighted by Gasteiger charge is 2.13. The van der Waals surface area contributed by atoms with E-state index in [1.165, 1.54) is 0 Å². The molecule has 0 radical (unpaired) electrons. The van der Waals surface area contributed by atoms with E-state index in [1.54, 1.807) is 11.9 Å². The van der Waals surface area contributed by atoms with E-state index in [4.69, 9.17) is 0 Å². The summed E-state index contributed by atoms with van der Waals surface area (Å²) in [7, 11) is 3.67. The van der Waals surface area contributed by atoms with Gasteiger partial charge in [0, 0.05) is 53.7 Å². The zero-order chi connectivity index (χ0) is 17.6. The lowest BCUT2D eigenvalue weighted by Crippen LogP contribution is -2.31. The fraction of sp³-hybridized carbons (Fsp3) is 0.158. The monoisotopic (exact) mass is 333 g/mol. The molecule has 2 N–H and O–H groups in total. The zero-order valence-electron chi connectivity index (χ0n) is 14.4. The molecule has 2 aromatic heterocycles. The van der Waals surface area contributed by atoms with Crippen LogP contribution in [0.3, 0.4) is 0 Å². The third kappa shape index (κ3) is 2.61. The molecule has 0 saturated carbocycles. The number of nitrogens with one attached hydrogen (secondary N) is 2. The molecule has 2 amide bonds. The number of fused-ring (bicyclic) bond motifs is 2. The van der Waals surface area contributed by atoms with Gasteiger partial charge in [-0.1, -0.05) is 0 Å². The number of hydrogen-bond acceptors (Lipinski definition) is 2. The molecule has 0 aliphatic heterocycles. The van der Waals surface area contributed by atoms with Crippen LogP contribution in [0.1, 0.15) is 5.69 Å². The number of rotatable bonds is 2. The van der Waals surface area contributed by atoms with Crippen molar-refractivity contribution in [1.82, 2.24) is 14.8 Å². The average Bonchev–Trinajstić information content (AvgIpc) is 3.18. The van der Waals surface area contributed by atoms with Gasteiger partial charge >= 0.3 is 6.03 Å². The molecule has 0 bridgehead atoms. The van der Waals surface area contributed by atoms with Crippen molar-refractivity contribution in [1.29, 1.82) is 0 Å². The highest BCUT2D eigenvalue weighted by atomic mass is 16.2. The highest BCUT2D eigenvalue weighted by Crippen LogP contribution is 2.24. The SMILES string of the molecule is Cc1c2ccc(N(C)C(=O)Nc3ccc4[nH]ccc4c3)cc2nn1C. The molecular formula is C19H19N5O. The first-order valence-corrected chi connectivity index (χ1v) is 8.08. The van der Waals surface area contributed by atoms with E-state index in [-0.39, 0.29) is 6.03 Å². The molecule has 0 atom stereocenters. The van der Waals surface area contributed by atoms with Gasteiger partial charge in [0.15, 0.2) is 0 Å². The summed E-state index contributed by atoms with van der Waals surface area (Å²) in [4.78, 5) is 17.3. The third-order valence-corrected chi connectivity index (χ3v) is 4.61. The molecule has 0 unspecified atom stereocenters. The van der Waals surface area contributed by atoms with Crippen LogP contribution in [0, 0.1) is 6.92 Å². The molecule has 4 aromatic rings. The van der Waals surface area contributed by atoms with Crippen LogP contribution in [0.5, 0.6) is 0 Å². The van der Waals surface area contributed by atoms with E-state index < -0.39 is 0 Å². The summed E-state index contributed by atoms with van der Waals surface area (Å²) < 4.78 is 1.85. The first-order chi connectivity index (χ1) is 12.0. The summed E-state index contributed by atoms with van der Waals surface area (Å²) in [6, 6.07) is 13.4. The van der Waals surface area contributed by atoms with E-state index in [2.05, 4.69) is 15.4 Å². The lowest BCUT2D eigenvalue weighted by atomic mass is 10.2. The number of nitrogens with zero attached hydrogens (tertiary/aromatic N) is 3. The zero-order valence-corrected chi connectivity index (χ0v) is 14.4. The fourth-order valence-corrected chi connectivity index (χ4v) is 2.98. The van der Waals surface area contributed by atoms with Crippen molar-refractivity contribution in [3.05, 3.63) is 54.4 Å². The maximum Gasteiger partial charge on any atom is 0.326 e. The molecule has 6 heteroatoms. The number of hydrogen-bond donors (Lipinski definition) is 2. The highest BCUT2D eigenvalue weighted by molar-refractivity contribution is 6.03. The number of anilines is 2. The Labute approximate surface area is 145 Å². The molecule has 4 rings (SSSR count). The van der Waals surface area contributed by atoms with Crippen LogP contribution in [-0.4, -0.2) is 27.8 Å². The summed E-state index contributed by atoms with van der Waals surface area (Å²) >= 11 is 0. The lowest BCUT2D eigenvalue weighted by molar-refractivity contribution is 0.258. The minimum atomic E-state index is -0.193. The second-order valence-electron chi connectivity index (χ2n) is 6.18. The number of aryl methyl sites for hydroxylation is 2. The molecule has 0 spiro atoms. The van der Waals surface area contributed by atoms with Crippen molar-refractivity contribution in [3.63, 3.8) is 0 Å². The van der Waals surface area contributed by atoms with Crippen LogP contribution in [0.2, 0.25) is 0 Å². The number of H-pyrrole nitrogens is 1. The molecule has 0 saturated heterocycles. The van der Waals surface area contributed by atoms with E-state index in [0.717, 1.165) is 38.9 Å². The molecule has 0 aliphatic carbocycles. The van der Waals surface area contributed by atoms with Crippen LogP contribution >= 0.6 is 0 Å². The Morgan fingerprint density at radius 3 is 2.88 bits per heavy atom. The second-order valence-corrected chi connectivity index (χ2v) is 6.18. The van der Waals surface area contributed by atoms with E-state index in [0.29, 0.717) is 0 Å². The first-order valence-electron chi connectivity index (χ1n) is 8.08. The third-order valence-electron chi connectivity index (χ3n) is 4.61. The molecule has 0 aliphatic rings. The van der Waals surface area contributed by atoms with E-state index in [9.17, 15) is 4.79 Å². The van der Waals surface area contributed by atoms with Gasteiger partial charge in [0.05, 0.1) is 5.52 Å². The number of aromatic amines is 1. The number of carbonyl (C=O) groups is 1. The van der Waals surface area contributed by atoms with Gasteiger partial charge in [-0.25, -0.2) is 4.79 Å². The fourth-order valence-electron chi connectivity index (χ4n) is 2.98. The number of aromatic nitrogens is 3. The Hall–Kier alpha value is -3.28. The van der Waals surface area contributed by atoms with Crippen LogP contribution in [-0.2, 0) is 7.05 Å². The van der Waals surface area contributed by atoms with Gasteiger partial charge in [0.1, 0.15) is 0 Å². The largest absolute Gasteiger partial charge is 0.361 e. The Kier molecular flexibility index (Phi) is 3.46. The maximum atomic E-state index is 12.6. The Balaban J connectivity index is 1.58. The Morgan fingerprint density at radius 1 is 1.20 bits per heavy atom. The van der Waals surface area contributed by atoms with Crippen molar-refractivity contribution in [2.24, 2.45) is 7.05 Å². The van der Waals surface area contributed by atoms with Crippen molar-refractivity contribution < 1.29 is 4.79 Å². The molecular weight excluding hydrogens is 314 g/mol. The van der Waals surface area contributed by atoms with E-state index >= 15 is 0 Å². The van der Waals surface area contributed by atoms with Gasteiger partial charge in [-0.15, -0.1) is 0 Å². The summed E-state index contributed by atoms with van der Waals surface area (Å²) in [6.45, 7) is 2.03. The quantitative estimate of drug-likeness (QED) is 0.581. The van der Waals surface area contributed by atoms with Crippen molar-refractivity contribution in [2.45, 2.75) is 6.92 Å². The standard InChI is InChI=1S/C19H19N5O/c1-12-16-6-5-15(11-18(16)22-24(12)3)23(2)19(25)21-14-4-7-17-13(10-14)8-9-20-17/h4-11,20H,1-3H3,(H,21,25).